The molecule has 1 saturated carbocycles. The van der Waals surface area contributed by atoms with Gasteiger partial charge in [0.25, 0.3) is 0 Å². The Balaban J connectivity index is 1.91. The third-order valence-electron chi connectivity index (χ3n) is 5.31. The third-order valence-corrected chi connectivity index (χ3v) is 6.39. The molecule has 2 aliphatic rings. The molecule has 114 valence electrons. The van der Waals surface area contributed by atoms with E-state index in [1.165, 1.54) is 36.0 Å². The van der Waals surface area contributed by atoms with Gasteiger partial charge in [0.05, 0.1) is 5.60 Å². The molecule has 1 unspecified atom stereocenters. The SMILES string of the molecule is ICC1(c2ccccc2)OC2(CCCCC2)c2ccccc21. The molecular weight excluding hydrogens is 383 g/mol. The van der Waals surface area contributed by atoms with Crippen LogP contribution < -0.4 is 0 Å². The van der Waals surface area contributed by atoms with Crippen LogP contribution in [0.1, 0.15) is 48.8 Å². The predicted octanol–water partition coefficient (Wildman–Crippen LogP) is 5.55. The highest BCUT2D eigenvalue weighted by Crippen LogP contribution is 2.56. The summed E-state index contributed by atoms with van der Waals surface area (Å²) in [5.41, 5.74) is 3.78. The molecule has 4 rings (SSSR count). The van der Waals surface area contributed by atoms with Crippen molar-refractivity contribution in [3.8, 4) is 0 Å². The first-order valence-electron chi connectivity index (χ1n) is 8.22. The third kappa shape index (κ3) is 2.07. The highest BCUT2D eigenvalue weighted by molar-refractivity contribution is 14.1. The molecule has 2 heteroatoms. The standard InChI is InChI=1S/C20H21IO/c21-15-20(16-9-3-1-4-10-16)18-12-6-5-11-17(18)19(22-20)13-7-2-8-14-19/h1,3-6,9-12H,2,7-8,13-15H2. The van der Waals surface area contributed by atoms with Crippen LogP contribution in [0.2, 0.25) is 0 Å². The highest BCUT2D eigenvalue weighted by Gasteiger charge is 2.53. The first-order chi connectivity index (χ1) is 10.8. The lowest BCUT2D eigenvalue weighted by atomic mass is 9.78. The molecule has 0 radical (unpaired) electrons. The van der Waals surface area contributed by atoms with Gasteiger partial charge in [0.1, 0.15) is 5.60 Å². The van der Waals surface area contributed by atoms with Crippen molar-refractivity contribution in [2.75, 3.05) is 4.43 Å². The number of hydrogen-bond acceptors (Lipinski definition) is 1. The van der Waals surface area contributed by atoms with Crippen LogP contribution in [0.4, 0.5) is 0 Å². The summed E-state index contributed by atoms with van der Waals surface area (Å²) in [4.78, 5) is 0. The number of alkyl halides is 1. The van der Waals surface area contributed by atoms with Gasteiger partial charge in [-0.05, 0) is 29.5 Å². The lowest BCUT2D eigenvalue weighted by Crippen LogP contribution is -2.36. The summed E-state index contributed by atoms with van der Waals surface area (Å²) in [6.07, 6.45) is 6.22. The van der Waals surface area contributed by atoms with Gasteiger partial charge in [0, 0.05) is 4.43 Å². The van der Waals surface area contributed by atoms with E-state index >= 15 is 0 Å². The topological polar surface area (TPSA) is 9.23 Å². The summed E-state index contributed by atoms with van der Waals surface area (Å²) in [5.74, 6) is 0. The highest BCUT2D eigenvalue weighted by atomic mass is 127. The van der Waals surface area contributed by atoms with E-state index in [0.717, 1.165) is 17.3 Å². The van der Waals surface area contributed by atoms with Gasteiger partial charge >= 0.3 is 0 Å². The first-order valence-corrected chi connectivity index (χ1v) is 9.75. The van der Waals surface area contributed by atoms with Gasteiger partial charge in [-0.3, -0.25) is 0 Å². The molecule has 0 bridgehead atoms. The van der Waals surface area contributed by atoms with Crippen LogP contribution in [0.15, 0.2) is 54.6 Å². The van der Waals surface area contributed by atoms with Crippen LogP contribution in [-0.2, 0) is 15.9 Å². The van der Waals surface area contributed by atoms with E-state index in [0.29, 0.717) is 0 Å². The van der Waals surface area contributed by atoms with Crippen molar-refractivity contribution >= 4 is 22.6 Å². The number of rotatable bonds is 2. The van der Waals surface area contributed by atoms with Crippen LogP contribution in [-0.4, -0.2) is 4.43 Å². The summed E-state index contributed by atoms with van der Waals surface area (Å²) in [6.45, 7) is 0. The number of fused-ring (bicyclic) bond motifs is 2. The Morgan fingerprint density at radius 3 is 2.14 bits per heavy atom. The zero-order chi connectivity index (χ0) is 15.0. The quantitative estimate of drug-likeness (QED) is 0.471. The number of hydrogen-bond donors (Lipinski definition) is 0. The zero-order valence-electron chi connectivity index (χ0n) is 12.7. The average Bonchev–Trinajstić information content (AvgIpc) is 2.88. The van der Waals surface area contributed by atoms with E-state index in [-0.39, 0.29) is 11.2 Å². The molecule has 1 fully saturated rings. The molecule has 0 saturated heterocycles. The van der Waals surface area contributed by atoms with Crippen LogP contribution in [0, 0.1) is 0 Å². The second-order valence-corrected chi connectivity index (χ2v) is 7.29. The Morgan fingerprint density at radius 2 is 1.45 bits per heavy atom. The minimum absolute atomic E-state index is 0.0597. The number of ether oxygens (including phenoxy) is 1. The molecule has 1 nitrogen and oxygen atoms in total. The fourth-order valence-electron chi connectivity index (χ4n) is 4.27. The Bertz CT molecular complexity index is 660. The molecule has 1 heterocycles. The summed E-state index contributed by atoms with van der Waals surface area (Å²) in [6, 6.07) is 19.7. The Labute approximate surface area is 146 Å². The maximum Gasteiger partial charge on any atom is 0.129 e. The van der Waals surface area contributed by atoms with Crippen molar-refractivity contribution in [2.24, 2.45) is 0 Å². The van der Waals surface area contributed by atoms with Gasteiger partial charge in [0.2, 0.25) is 0 Å². The number of benzene rings is 2. The lowest BCUT2D eigenvalue weighted by Gasteiger charge is -2.38. The van der Waals surface area contributed by atoms with Crippen molar-refractivity contribution in [1.29, 1.82) is 0 Å². The van der Waals surface area contributed by atoms with E-state index in [1.54, 1.807) is 0 Å². The monoisotopic (exact) mass is 404 g/mol. The second kappa shape index (κ2) is 5.64. The molecule has 1 aliphatic heterocycles. The van der Waals surface area contributed by atoms with Gasteiger partial charge in [0.15, 0.2) is 0 Å². The second-order valence-electron chi connectivity index (χ2n) is 6.53. The normalized spacial score (nSPS) is 26.0. The first kappa shape index (κ1) is 14.7. The van der Waals surface area contributed by atoms with E-state index in [1.807, 2.05) is 0 Å². The van der Waals surface area contributed by atoms with Gasteiger partial charge in [-0.2, -0.15) is 0 Å². The van der Waals surface area contributed by atoms with Crippen molar-refractivity contribution in [3.63, 3.8) is 0 Å². The van der Waals surface area contributed by atoms with Crippen LogP contribution in [0.25, 0.3) is 0 Å². The lowest BCUT2D eigenvalue weighted by molar-refractivity contribution is -0.128. The smallest absolute Gasteiger partial charge is 0.129 e. The van der Waals surface area contributed by atoms with E-state index < -0.39 is 0 Å². The molecule has 2 aromatic rings. The molecule has 22 heavy (non-hydrogen) atoms. The van der Waals surface area contributed by atoms with Gasteiger partial charge in [-0.1, -0.05) is 96.5 Å². The molecule has 0 amide bonds. The van der Waals surface area contributed by atoms with Gasteiger partial charge in [-0.15, -0.1) is 0 Å². The molecule has 0 aromatic heterocycles. The average molecular weight is 404 g/mol. The van der Waals surface area contributed by atoms with E-state index in [2.05, 4.69) is 77.2 Å². The van der Waals surface area contributed by atoms with Crippen LogP contribution >= 0.6 is 22.6 Å². The Kier molecular flexibility index (Phi) is 3.77. The largest absolute Gasteiger partial charge is 0.354 e. The minimum atomic E-state index is -0.282. The van der Waals surface area contributed by atoms with Crippen molar-refractivity contribution in [3.05, 3.63) is 71.3 Å². The fourth-order valence-corrected chi connectivity index (χ4v) is 5.28. The van der Waals surface area contributed by atoms with Crippen LogP contribution in [0.3, 0.4) is 0 Å². The van der Waals surface area contributed by atoms with Crippen molar-refractivity contribution in [1.82, 2.24) is 0 Å². The summed E-state index contributed by atoms with van der Waals surface area (Å²) in [5, 5.41) is 0. The van der Waals surface area contributed by atoms with Gasteiger partial charge in [-0.25, -0.2) is 0 Å². The maximum absolute atomic E-state index is 6.98. The molecule has 1 spiro atoms. The molecular formula is C20H21IO. The van der Waals surface area contributed by atoms with Crippen molar-refractivity contribution in [2.45, 2.75) is 43.3 Å². The summed E-state index contributed by atoms with van der Waals surface area (Å²) >= 11 is 2.50. The maximum atomic E-state index is 6.98. The Hall–Kier alpha value is -0.870. The van der Waals surface area contributed by atoms with Crippen LogP contribution in [0.5, 0.6) is 0 Å². The summed E-state index contributed by atoms with van der Waals surface area (Å²) in [7, 11) is 0. The fraction of sp³-hybridized carbons (Fsp3) is 0.400. The van der Waals surface area contributed by atoms with E-state index in [4.69, 9.17) is 4.74 Å². The minimum Gasteiger partial charge on any atom is -0.354 e. The van der Waals surface area contributed by atoms with Gasteiger partial charge < -0.3 is 4.74 Å². The zero-order valence-corrected chi connectivity index (χ0v) is 14.9. The number of halogens is 1. The van der Waals surface area contributed by atoms with Crippen molar-refractivity contribution < 1.29 is 4.74 Å². The molecule has 0 N–H and O–H groups in total. The molecule has 1 aliphatic carbocycles. The Morgan fingerprint density at radius 1 is 0.818 bits per heavy atom. The summed E-state index contributed by atoms with van der Waals surface area (Å²) < 4.78 is 7.93. The predicted molar refractivity (Wildman–Crippen MR) is 98.4 cm³/mol. The molecule has 1 atom stereocenters. The van der Waals surface area contributed by atoms with E-state index in [9.17, 15) is 0 Å². The molecule has 2 aromatic carbocycles.